The number of hydrogen-bond acceptors (Lipinski definition) is 5. The third-order valence-electron chi connectivity index (χ3n) is 4.55. The van der Waals surface area contributed by atoms with Gasteiger partial charge in [0.05, 0.1) is 4.92 Å². The second kappa shape index (κ2) is 8.09. The summed E-state index contributed by atoms with van der Waals surface area (Å²) in [5, 5.41) is 21.3. The summed E-state index contributed by atoms with van der Waals surface area (Å²) in [5.41, 5.74) is 1.95. The summed E-state index contributed by atoms with van der Waals surface area (Å²) in [5.74, 6) is 1.33. The first kappa shape index (κ1) is 18.7. The number of benzene rings is 2. The van der Waals surface area contributed by atoms with Crippen LogP contribution in [0.15, 0.2) is 59.0 Å². The minimum absolute atomic E-state index is 0.0168. The molecule has 0 aliphatic carbocycles. The molecule has 0 bridgehead atoms. The van der Waals surface area contributed by atoms with E-state index in [2.05, 4.69) is 41.5 Å². The predicted molar refractivity (Wildman–Crippen MR) is 101 cm³/mol. The first-order valence-electron chi connectivity index (χ1n) is 8.94. The maximum Gasteiger partial charge on any atom is 0.274 e. The van der Waals surface area contributed by atoms with Gasteiger partial charge >= 0.3 is 0 Å². The van der Waals surface area contributed by atoms with Crippen molar-refractivity contribution >= 4 is 5.69 Å². The molecule has 0 amide bonds. The monoisotopic (exact) mass is 367 g/mol. The highest BCUT2D eigenvalue weighted by molar-refractivity contribution is 5.55. The van der Waals surface area contributed by atoms with E-state index < -0.39 is 4.92 Å². The summed E-state index contributed by atoms with van der Waals surface area (Å²) in [6, 6.07) is 16.7. The lowest BCUT2D eigenvalue weighted by Gasteiger charge is -2.22. The van der Waals surface area contributed by atoms with Gasteiger partial charge < -0.3 is 9.73 Å². The number of nitro benzene ring substituents is 1. The zero-order valence-electron chi connectivity index (χ0n) is 15.6. The van der Waals surface area contributed by atoms with Gasteiger partial charge in [-0.2, -0.15) is 0 Å². The number of quaternary nitrogens is 1. The molecule has 7 nitrogen and oxygen atoms in total. The van der Waals surface area contributed by atoms with Crippen molar-refractivity contribution in [1.29, 1.82) is 0 Å². The summed E-state index contributed by atoms with van der Waals surface area (Å²) in [4.78, 5) is 10.3. The number of nitro groups is 1. The van der Waals surface area contributed by atoms with Crippen LogP contribution in [0, 0.1) is 16.0 Å². The Morgan fingerprint density at radius 2 is 1.67 bits per heavy atom. The number of rotatable bonds is 7. The first-order valence-corrected chi connectivity index (χ1v) is 8.94. The Morgan fingerprint density at radius 1 is 1.00 bits per heavy atom. The third kappa shape index (κ3) is 4.38. The van der Waals surface area contributed by atoms with Gasteiger partial charge in [0.25, 0.3) is 11.6 Å². The number of nitrogens with zero attached hydrogens (tertiary/aromatic N) is 3. The van der Waals surface area contributed by atoms with Crippen LogP contribution in [0.25, 0.3) is 11.5 Å². The number of hydrogen-bond donors (Lipinski definition) is 1. The Bertz CT molecular complexity index is 891. The van der Waals surface area contributed by atoms with Crippen LogP contribution in [0.2, 0.25) is 0 Å². The normalized spacial score (nSPS) is 13.5. The van der Waals surface area contributed by atoms with Crippen molar-refractivity contribution in [2.24, 2.45) is 5.92 Å². The van der Waals surface area contributed by atoms with Gasteiger partial charge in [-0.15, -0.1) is 10.2 Å². The zero-order valence-corrected chi connectivity index (χ0v) is 15.6. The van der Waals surface area contributed by atoms with Crippen LogP contribution in [0.1, 0.15) is 44.3 Å². The Morgan fingerprint density at radius 3 is 2.26 bits per heavy atom. The molecule has 1 heterocycles. The van der Waals surface area contributed by atoms with Crippen LogP contribution >= 0.6 is 0 Å². The number of aromatic nitrogens is 2. The zero-order chi connectivity index (χ0) is 19.4. The van der Waals surface area contributed by atoms with Crippen molar-refractivity contribution in [3.8, 4) is 11.5 Å². The molecule has 0 aliphatic rings. The fourth-order valence-corrected chi connectivity index (χ4v) is 3.05. The molecule has 0 saturated heterocycles. The van der Waals surface area contributed by atoms with Gasteiger partial charge in [0.1, 0.15) is 6.04 Å². The van der Waals surface area contributed by atoms with Crippen molar-refractivity contribution in [2.75, 3.05) is 0 Å². The molecule has 0 unspecified atom stereocenters. The van der Waals surface area contributed by atoms with Crippen molar-refractivity contribution in [3.05, 3.63) is 76.2 Å². The van der Waals surface area contributed by atoms with Crippen LogP contribution in [-0.4, -0.2) is 15.1 Å². The lowest BCUT2D eigenvalue weighted by Crippen LogP contribution is -2.86. The second-order valence-corrected chi connectivity index (χ2v) is 6.91. The van der Waals surface area contributed by atoms with Crippen molar-refractivity contribution in [1.82, 2.24) is 10.2 Å². The smallest absolute Gasteiger partial charge is 0.274 e. The minimum atomic E-state index is -0.435. The van der Waals surface area contributed by atoms with Gasteiger partial charge in [0.2, 0.25) is 5.89 Å². The van der Waals surface area contributed by atoms with E-state index in [1.807, 2.05) is 25.1 Å². The van der Waals surface area contributed by atoms with Crippen LogP contribution in [0.4, 0.5) is 5.69 Å². The van der Waals surface area contributed by atoms with E-state index in [-0.39, 0.29) is 17.8 Å². The second-order valence-electron chi connectivity index (χ2n) is 6.91. The molecule has 140 valence electrons. The van der Waals surface area contributed by atoms with Crippen LogP contribution in [0.3, 0.4) is 0 Å². The van der Waals surface area contributed by atoms with Crippen LogP contribution < -0.4 is 5.32 Å². The van der Waals surface area contributed by atoms with Gasteiger partial charge in [0, 0.05) is 29.2 Å². The molecule has 0 radical (unpaired) electrons. The predicted octanol–water partition coefficient (Wildman–Crippen LogP) is 3.67. The van der Waals surface area contributed by atoms with E-state index in [0.29, 0.717) is 23.3 Å². The van der Waals surface area contributed by atoms with Gasteiger partial charge in [0.15, 0.2) is 6.04 Å². The summed E-state index contributed by atoms with van der Waals surface area (Å²) in [6.07, 6.45) is 0. The van der Waals surface area contributed by atoms with Crippen LogP contribution in [0.5, 0.6) is 0 Å². The summed E-state index contributed by atoms with van der Waals surface area (Å²) < 4.78 is 5.83. The first-order chi connectivity index (χ1) is 13.0. The standard InChI is InChI=1S/C20H22N4O3/c1-13(2)18(15-7-5-4-6-8-15)21-14(3)19-22-23-20(27-19)16-9-11-17(12-10-16)24(25)26/h4-14,18,21H,1-3H3/p+1/t14-,18-/m0/s1. The summed E-state index contributed by atoms with van der Waals surface area (Å²) in [7, 11) is 0. The molecule has 0 fully saturated rings. The fraction of sp³-hybridized carbons (Fsp3) is 0.300. The lowest BCUT2D eigenvalue weighted by atomic mass is 9.95. The van der Waals surface area contributed by atoms with Gasteiger partial charge in [-0.25, -0.2) is 0 Å². The maximum absolute atomic E-state index is 10.8. The summed E-state index contributed by atoms with van der Waals surface area (Å²) in [6.45, 7) is 6.42. The Labute approximate surface area is 157 Å². The largest absolute Gasteiger partial charge is 0.415 e. The molecule has 0 aliphatic heterocycles. The molecule has 2 atom stereocenters. The number of nitrogens with two attached hydrogens (primary N) is 1. The Hall–Kier alpha value is -3.06. The van der Waals surface area contributed by atoms with Gasteiger partial charge in [-0.1, -0.05) is 44.2 Å². The molecule has 2 aromatic carbocycles. The van der Waals surface area contributed by atoms with Gasteiger partial charge in [-0.05, 0) is 19.1 Å². The highest BCUT2D eigenvalue weighted by Gasteiger charge is 2.26. The quantitative estimate of drug-likeness (QED) is 0.507. The highest BCUT2D eigenvalue weighted by atomic mass is 16.6. The third-order valence-corrected chi connectivity index (χ3v) is 4.55. The van der Waals surface area contributed by atoms with Crippen molar-refractivity contribution in [3.63, 3.8) is 0 Å². The molecule has 1 aromatic heterocycles. The van der Waals surface area contributed by atoms with E-state index in [0.717, 1.165) is 0 Å². The number of non-ortho nitro benzene ring substituents is 1. The van der Waals surface area contributed by atoms with Crippen LogP contribution in [-0.2, 0) is 0 Å². The molecule has 7 heteroatoms. The SMILES string of the molecule is CC(C)[C@H]([NH2+][C@@H](C)c1nnc(-c2ccc([N+](=O)[O-])cc2)o1)c1ccccc1. The molecule has 3 aromatic rings. The van der Waals surface area contributed by atoms with Gasteiger partial charge in [-0.3, -0.25) is 10.1 Å². The fourth-order valence-electron chi connectivity index (χ4n) is 3.05. The Kier molecular flexibility index (Phi) is 5.61. The van der Waals surface area contributed by atoms with E-state index >= 15 is 0 Å². The molecular formula is C20H23N4O3+. The highest BCUT2D eigenvalue weighted by Crippen LogP contribution is 2.23. The lowest BCUT2D eigenvalue weighted by molar-refractivity contribution is -0.739. The minimum Gasteiger partial charge on any atom is -0.415 e. The van der Waals surface area contributed by atoms with Crippen molar-refractivity contribution in [2.45, 2.75) is 32.9 Å². The van der Waals surface area contributed by atoms with Crippen molar-refractivity contribution < 1.29 is 14.7 Å². The maximum atomic E-state index is 10.8. The topological polar surface area (TPSA) is 98.7 Å². The van der Waals surface area contributed by atoms with E-state index in [4.69, 9.17) is 4.42 Å². The van der Waals surface area contributed by atoms with E-state index in [9.17, 15) is 10.1 Å². The van der Waals surface area contributed by atoms with E-state index in [1.54, 1.807) is 12.1 Å². The molecule has 3 rings (SSSR count). The average Bonchev–Trinajstić information content (AvgIpc) is 3.17. The molecule has 2 N–H and O–H groups in total. The molecule has 0 saturated carbocycles. The molecular weight excluding hydrogens is 344 g/mol. The average molecular weight is 367 g/mol. The summed E-state index contributed by atoms with van der Waals surface area (Å²) >= 11 is 0. The van der Waals surface area contributed by atoms with E-state index in [1.165, 1.54) is 17.7 Å². The molecule has 0 spiro atoms. The Balaban J connectivity index is 1.76. The molecule has 27 heavy (non-hydrogen) atoms.